The Morgan fingerprint density at radius 2 is 1.61 bits per heavy atom. The van der Waals surface area contributed by atoms with Gasteiger partial charge in [0.1, 0.15) is 11.4 Å². The number of ether oxygens (including phenoxy) is 1. The molecule has 0 unspecified atom stereocenters. The second-order valence-electron chi connectivity index (χ2n) is 7.78. The summed E-state index contributed by atoms with van der Waals surface area (Å²) in [4.78, 5) is 22.7. The van der Waals surface area contributed by atoms with Crippen LogP contribution in [0.3, 0.4) is 0 Å². The lowest BCUT2D eigenvalue weighted by atomic mass is 10.0. The first-order chi connectivity index (χ1) is 17.4. The maximum Gasteiger partial charge on any atom is 0.271 e. The Labute approximate surface area is 211 Å². The minimum Gasteiger partial charge on any atom is -0.495 e. The largest absolute Gasteiger partial charge is 0.495 e. The summed E-state index contributed by atoms with van der Waals surface area (Å²) in [5, 5.41) is 1.18. The molecule has 0 bridgehead atoms. The van der Waals surface area contributed by atoms with E-state index in [0.717, 1.165) is 15.4 Å². The number of pyridine rings is 1. The van der Waals surface area contributed by atoms with Crippen molar-refractivity contribution >= 4 is 44.2 Å². The van der Waals surface area contributed by atoms with Crippen LogP contribution in [-0.2, 0) is 10.0 Å². The molecular weight excluding hydrogens is 500 g/mol. The summed E-state index contributed by atoms with van der Waals surface area (Å²) < 4.78 is 34.7. The average molecular weight is 519 g/mol. The number of benzene rings is 3. The standard InChI is InChI=1S/C26H19ClN4O4S/c1-35-24-16-18(17-3-7-20(27)8-4-17)5-11-23(24)31(26-28-13-2-14-29-26)36(33,34)21-9-10-22-19(15-21)6-12-25(32)30-22/h2-16H,1H3,(H,30,32). The number of H-pyrrole nitrogens is 1. The molecule has 0 radical (unpaired) electrons. The number of aromatic amines is 1. The van der Waals surface area contributed by atoms with Crippen molar-refractivity contribution in [2.24, 2.45) is 0 Å². The van der Waals surface area contributed by atoms with Crippen molar-refractivity contribution in [3.63, 3.8) is 0 Å². The molecule has 3 aromatic carbocycles. The van der Waals surface area contributed by atoms with E-state index in [1.54, 1.807) is 48.5 Å². The maximum atomic E-state index is 14.0. The fourth-order valence-electron chi connectivity index (χ4n) is 3.81. The van der Waals surface area contributed by atoms with Crippen LogP contribution in [0.5, 0.6) is 5.75 Å². The van der Waals surface area contributed by atoms with Crippen molar-refractivity contribution in [1.82, 2.24) is 15.0 Å². The highest BCUT2D eigenvalue weighted by Crippen LogP contribution is 2.39. The average Bonchev–Trinajstić information content (AvgIpc) is 2.89. The van der Waals surface area contributed by atoms with Crippen molar-refractivity contribution in [2.75, 3.05) is 11.4 Å². The number of fused-ring (bicyclic) bond motifs is 1. The summed E-state index contributed by atoms with van der Waals surface area (Å²) >= 11 is 6.02. The second-order valence-corrected chi connectivity index (χ2v) is 10.0. The number of rotatable bonds is 6. The third-order valence-electron chi connectivity index (χ3n) is 5.54. The summed E-state index contributed by atoms with van der Waals surface area (Å²) in [6.07, 6.45) is 2.93. The van der Waals surface area contributed by atoms with Gasteiger partial charge in [-0.15, -0.1) is 0 Å². The zero-order valence-electron chi connectivity index (χ0n) is 18.9. The number of methoxy groups -OCH3 is 1. The fourth-order valence-corrected chi connectivity index (χ4v) is 5.38. The summed E-state index contributed by atoms with van der Waals surface area (Å²) in [6, 6.07) is 21.4. The van der Waals surface area contributed by atoms with Crippen molar-refractivity contribution in [2.45, 2.75) is 4.90 Å². The zero-order chi connectivity index (χ0) is 25.3. The maximum absolute atomic E-state index is 14.0. The van der Waals surface area contributed by atoms with Gasteiger partial charge in [-0.1, -0.05) is 29.8 Å². The molecule has 0 saturated carbocycles. The Kier molecular flexibility index (Phi) is 6.17. The number of nitrogens with one attached hydrogen (secondary N) is 1. The van der Waals surface area contributed by atoms with Crippen LogP contribution in [0.1, 0.15) is 0 Å². The lowest BCUT2D eigenvalue weighted by Crippen LogP contribution is -2.28. The van der Waals surface area contributed by atoms with Gasteiger partial charge in [-0.3, -0.25) is 4.79 Å². The molecule has 36 heavy (non-hydrogen) atoms. The lowest BCUT2D eigenvalue weighted by molar-refractivity contribution is 0.416. The Morgan fingerprint density at radius 3 is 2.33 bits per heavy atom. The minimum absolute atomic E-state index is 0.00154. The van der Waals surface area contributed by atoms with Gasteiger partial charge in [0.05, 0.1) is 12.0 Å². The van der Waals surface area contributed by atoms with Crippen LogP contribution in [0.2, 0.25) is 5.02 Å². The molecule has 0 atom stereocenters. The molecule has 0 amide bonds. The molecule has 0 saturated heterocycles. The van der Waals surface area contributed by atoms with Gasteiger partial charge in [0.25, 0.3) is 10.0 Å². The van der Waals surface area contributed by atoms with Crippen LogP contribution in [0.4, 0.5) is 11.6 Å². The molecule has 0 fully saturated rings. The topological polar surface area (TPSA) is 105 Å². The number of anilines is 2. The Bertz CT molecular complexity index is 1720. The first-order valence-corrected chi connectivity index (χ1v) is 12.6. The van der Waals surface area contributed by atoms with Crippen LogP contribution < -0.4 is 14.6 Å². The first-order valence-electron chi connectivity index (χ1n) is 10.8. The van der Waals surface area contributed by atoms with Crippen molar-refractivity contribution in [3.8, 4) is 16.9 Å². The molecule has 0 aliphatic carbocycles. The molecule has 0 aliphatic rings. The van der Waals surface area contributed by atoms with Crippen LogP contribution >= 0.6 is 11.6 Å². The Hall–Kier alpha value is -4.21. The van der Waals surface area contributed by atoms with Crippen LogP contribution in [0, 0.1) is 0 Å². The third kappa shape index (κ3) is 4.41. The monoisotopic (exact) mass is 518 g/mol. The highest BCUT2D eigenvalue weighted by atomic mass is 35.5. The van der Waals surface area contributed by atoms with Crippen molar-refractivity contribution < 1.29 is 13.2 Å². The third-order valence-corrected chi connectivity index (χ3v) is 7.49. The van der Waals surface area contributed by atoms with Gasteiger partial charge in [-0.25, -0.2) is 18.4 Å². The van der Waals surface area contributed by atoms with Gasteiger partial charge in [-0.05, 0) is 71.1 Å². The van der Waals surface area contributed by atoms with Gasteiger partial charge in [0.15, 0.2) is 0 Å². The van der Waals surface area contributed by atoms with Crippen LogP contribution in [-0.4, -0.2) is 30.5 Å². The predicted molar refractivity (Wildman–Crippen MR) is 139 cm³/mol. The molecule has 5 aromatic rings. The van der Waals surface area contributed by atoms with E-state index in [2.05, 4.69) is 15.0 Å². The second kappa shape index (κ2) is 9.44. The van der Waals surface area contributed by atoms with E-state index in [-0.39, 0.29) is 22.1 Å². The smallest absolute Gasteiger partial charge is 0.271 e. The fraction of sp³-hybridized carbons (Fsp3) is 0.0385. The molecule has 5 rings (SSSR count). The van der Waals surface area contributed by atoms with E-state index in [0.29, 0.717) is 21.7 Å². The molecule has 180 valence electrons. The van der Waals surface area contributed by atoms with Gasteiger partial charge >= 0.3 is 0 Å². The Balaban J connectivity index is 1.68. The van der Waals surface area contributed by atoms with Gasteiger partial charge in [0.2, 0.25) is 11.5 Å². The quantitative estimate of drug-likeness (QED) is 0.332. The van der Waals surface area contributed by atoms with Gasteiger partial charge < -0.3 is 9.72 Å². The van der Waals surface area contributed by atoms with Crippen molar-refractivity contribution in [1.29, 1.82) is 0 Å². The van der Waals surface area contributed by atoms with Crippen molar-refractivity contribution in [3.05, 3.63) is 107 Å². The molecule has 2 heterocycles. The molecular formula is C26H19ClN4O4S. The minimum atomic E-state index is -4.21. The summed E-state index contributed by atoms with van der Waals surface area (Å²) in [7, 11) is -2.74. The number of halogens is 1. The predicted octanol–water partition coefficient (Wildman–Crippen LogP) is 5.17. The molecule has 0 aliphatic heterocycles. The van der Waals surface area contributed by atoms with Crippen LogP contribution in [0.25, 0.3) is 22.0 Å². The molecule has 8 nitrogen and oxygen atoms in total. The number of hydrogen-bond acceptors (Lipinski definition) is 6. The van der Waals surface area contributed by atoms with E-state index in [1.807, 2.05) is 12.1 Å². The SMILES string of the molecule is COc1cc(-c2ccc(Cl)cc2)ccc1N(c1ncccn1)S(=O)(=O)c1ccc2[nH]c(=O)ccc2c1. The highest BCUT2D eigenvalue weighted by Gasteiger charge is 2.31. The lowest BCUT2D eigenvalue weighted by Gasteiger charge is -2.24. The molecule has 10 heteroatoms. The summed E-state index contributed by atoms with van der Waals surface area (Å²) in [6.45, 7) is 0. The highest BCUT2D eigenvalue weighted by molar-refractivity contribution is 7.93. The summed E-state index contributed by atoms with van der Waals surface area (Å²) in [5.41, 5.74) is 2.19. The number of nitrogens with zero attached hydrogens (tertiary/aromatic N) is 3. The first kappa shape index (κ1) is 23.5. The van der Waals surface area contributed by atoms with E-state index in [9.17, 15) is 13.2 Å². The zero-order valence-corrected chi connectivity index (χ0v) is 20.5. The van der Waals surface area contributed by atoms with Crippen LogP contribution in [0.15, 0.2) is 101 Å². The number of aromatic nitrogens is 3. The molecule has 2 aromatic heterocycles. The van der Waals surface area contributed by atoms with E-state index in [1.165, 1.54) is 37.7 Å². The normalized spacial score (nSPS) is 11.4. The van der Waals surface area contributed by atoms with Gasteiger partial charge in [-0.2, -0.15) is 4.31 Å². The van der Waals surface area contributed by atoms with E-state index >= 15 is 0 Å². The van der Waals surface area contributed by atoms with E-state index < -0.39 is 10.0 Å². The Morgan fingerprint density at radius 1 is 0.889 bits per heavy atom. The van der Waals surface area contributed by atoms with E-state index in [4.69, 9.17) is 16.3 Å². The summed E-state index contributed by atoms with van der Waals surface area (Å²) in [5.74, 6) is 0.264. The molecule has 1 N–H and O–H groups in total. The number of hydrogen-bond donors (Lipinski definition) is 1. The number of sulfonamides is 1. The molecule has 0 spiro atoms. The van der Waals surface area contributed by atoms with Gasteiger partial charge in [0, 0.05) is 29.0 Å².